The lowest BCUT2D eigenvalue weighted by Gasteiger charge is -2.25. The number of fused-ring (bicyclic) bond motifs is 1. The van der Waals surface area contributed by atoms with Crippen LogP contribution >= 0.6 is 23.2 Å². The summed E-state index contributed by atoms with van der Waals surface area (Å²) in [5.74, 6) is -0.478. The van der Waals surface area contributed by atoms with Crippen LogP contribution in [0, 0.1) is 0 Å². The molecule has 0 aromatic heterocycles. The second-order valence-corrected chi connectivity index (χ2v) is 5.51. The van der Waals surface area contributed by atoms with E-state index < -0.39 is 11.9 Å². The van der Waals surface area contributed by atoms with Crippen molar-refractivity contribution in [2.75, 3.05) is 6.54 Å². The molecule has 1 atom stereocenters. The van der Waals surface area contributed by atoms with Crippen molar-refractivity contribution in [2.24, 2.45) is 0 Å². The minimum Gasteiger partial charge on any atom is -0.343 e. The van der Waals surface area contributed by atoms with Crippen LogP contribution in [0.2, 0.25) is 10.0 Å². The van der Waals surface area contributed by atoms with E-state index in [1.807, 2.05) is 0 Å². The molecule has 0 bridgehead atoms. The summed E-state index contributed by atoms with van der Waals surface area (Å²) in [6.45, 7) is 2.33. The monoisotopic (exact) mass is 316 g/mol. The number of halogens is 2. The van der Waals surface area contributed by atoms with Gasteiger partial charge in [0, 0.05) is 13.1 Å². The Morgan fingerprint density at radius 2 is 2.25 bits per heavy atom. The number of hydrogen-bond acceptors (Lipinski definition) is 4. The van der Waals surface area contributed by atoms with Gasteiger partial charge in [0.2, 0.25) is 0 Å². The van der Waals surface area contributed by atoms with E-state index in [1.54, 1.807) is 13.0 Å². The first-order chi connectivity index (χ1) is 9.43. The first kappa shape index (κ1) is 15.3. The van der Waals surface area contributed by atoms with Gasteiger partial charge in [-0.15, -0.1) is 0 Å². The molecule has 0 aliphatic carbocycles. The van der Waals surface area contributed by atoms with Gasteiger partial charge in [-0.05, 0) is 30.5 Å². The number of aldehydes is 1. The van der Waals surface area contributed by atoms with E-state index in [9.17, 15) is 14.8 Å². The van der Waals surface area contributed by atoms with Gasteiger partial charge in [-0.3, -0.25) is 4.79 Å². The zero-order chi connectivity index (χ0) is 14.9. The highest BCUT2D eigenvalue weighted by Gasteiger charge is 2.25. The van der Waals surface area contributed by atoms with Crippen molar-refractivity contribution < 1.29 is 14.8 Å². The molecule has 0 saturated carbocycles. The van der Waals surface area contributed by atoms with Crippen molar-refractivity contribution in [1.82, 2.24) is 10.4 Å². The van der Waals surface area contributed by atoms with E-state index in [1.165, 1.54) is 5.06 Å². The van der Waals surface area contributed by atoms with Gasteiger partial charge >= 0.3 is 0 Å². The van der Waals surface area contributed by atoms with E-state index in [0.717, 1.165) is 11.1 Å². The first-order valence-corrected chi connectivity index (χ1v) is 6.89. The zero-order valence-corrected chi connectivity index (χ0v) is 12.3. The lowest BCUT2D eigenvalue weighted by atomic mass is 9.97. The quantitative estimate of drug-likeness (QED) is 0.837. The minimum absolute atomic E-state index is 0.173. The highest BCUT2D eigenvalue weighted by Crippen LogP contribution is 2.34. The van der Waals surface area contributed by atoms with Gasteiger partial charge in [-0.25, -0.2) is 0 Å². The average molecular weight is 317 g/mol. The minimum atomic E-state index is -0.612. The fourth-order valence-corrected chi connectivity index (χ4v) is 2.92. The summed E-state index contributed by atoms with van der Waals surface area (Å²) < 4.78 is 0. The van der Waals surface area contributed by atoms with Crippen molar-refractivity contribution in [3.8, 4) is 0 Å². The van der Waals surface area contributed by atoms with Crippen molar-refractivity contribution >= 4 is 35.4 Å². The number of amides is 1. The van der Waals surface area contributed by atoms with E-state index >= 15 is 0 Å². The molecule has 7 heteroatoms. The number of carbonyl (C=O) groups is 2. The molecule has 1 amide bonds. The Morgan fingerprint density at radius 1 is 1.55 bits per heavy atom. The third kappa shape index (κ3) is 2.96. The zero-order valence-electron chi connectivity index (χ0n) is 10.8. The number of hydrogen-bond donors (Lipinski definition) is 2. The number of nitrogens with one attached hydrogen (secondary N) is 1. The van der Waals surface area contributed by atoms with Crippen LogP contribution in [0.5, 0.6) is 0 Å². The summed E-state index contributed by atoms with van der Waals surface area (Å²) in [5.41, 5.74) is 1.78. The Balaban J connectivity index is 2.40. The Kier molecular flexibility index (Phi) is 4.65. The highest BCUT2D eigenvalue weighted by molar-refractivity contribution is 6.40. The summed E-state index contributed by atoms with van der Waals surface area (Å²) in [5, 5.41) is 13.7. The second-order valence-electron chi connectivity index (χ2n) is 4.72. The third-order valence-electron chi connectivity index (χ3n) is 3.17. The molecule has 2 rings (SSSR count). The largest absolute Gasteiger partial charge is 0.343 e. The first-order valence-electron chi connectivity index (χ1n) is 6.13. The highest BCUT2D eigenvalue weighted by atomic mass is 35.5. The van der Waals surface area contributed by atoms with Crippen molar-refractivity contribution in [2.45, 2.75) is 25.9 Å². The van der Waals surface area contributed by atoms with Crippen LogP contribution in [0.3, 0.4) is 0 Å². The van der Waals surface area contributed by atoms with Crippen LogP contribution in [0.1, 0.15) is 28.4 Å². The second kappa shape index (κ2) is 6.10. The molecule has 2 N–H and O–H groups in total. The standard InChI is InChI=1S/C13H14Cl2N2O3/c1-7(6-18)16-13(19)11-10(14)4-8-5-17(20)3-2-9(8)12(11)15/h4,6-7,20H,2-3,5H2,1H3,(H,16,19)/t7-/m0/s1. The normalized spacial score (nSPS) is 16.4. The topological polar surface area (TPSA) is 69.6 Å². The lowest BCUT2D eigenvalue weighted by molar-refractivity contribution is -0.109. The molecule has 1 aliphatic rings. The molecule has 1 aromatic rings. The number of hydroxylamine groups is 2. The van der Waals surface area contributed by atoms with Crippen LogP contribution in [-0.2, 0) is 17.8 Å². The number of benzene rings is 1. The predicted molar refractivity (Wildman–Crippen MR) is 75.4 cm³/mol. The maximum atomic E-state index is 12.1. The molecular weight excluding hydrogens is 303 g/mol. The summed E-state index contributed by atoms with van der Waals surface area (Å²) >= 11 is 12.4. The summed E-state index contributed by atoms with van der Waals surface area (Å²) in [4.78, 5) is 22.7. The van der Waals surface area contributed by atoms with E-state index in [2.05, 4.69) is 5.32 Å². The van der Waals surface area contributed by atoms with Gasteiger partial charge in [-0.1, -0.05) is 23.2 Å². The molecule has 1 aliphatic heterocycles. The lowest BCUT2D eigenvalue weighted by Crippen LogP contribution is -2.34. The maximum absolute atomic E-state index is 12.1. The van der Waals surface area contributed by atoms with Gasteiger partial charge in [0.1, 0.15) is 6.29 Å². The van der Waals surface area contributed by atoms with Crippen LogP contribution < -0.4 is 5.32 Å². The molecular formula is C13H14Cl2N2O3. The molecule has 0 radical (unpaired) electrons. The molecule has 20 heavy (non-hydrogen) atoms. The molecule has 1 heterocycles. The Bertz CT molecular complexity index is 563. The number of carbonyl (C=O) groups excluding carboxylic acids is 2. The van der Waals surface area contributed by atoms with E-state index in [0.29, 0.717) is 25.8 Å². The fourth-order valence-electron chi connectivity index (χ4n) is 2.16. The summed E-state index contributed by atoms with van der Waals surface area (Å²) in [6.07, 6.45) is 1.16. The molecule has 5 nitrogen and oxygen atoms in total. The van der Waals surface area contributed by atoms with Gasteiger partial charge in [-0.2, -0.15) is 5.06 Å². The van der Waals surface area contributed by atoms with Crippen LogP contribution in [-0.4, -0.2) is 35.1 Å². The molecule has 0 spiro atoms. The Morgan fingerprint density at radius 3 is 2.90 bits per heavy atom. The van der Waals surface area contributed by atoms with Crippen molar-refractivity contribution in [1.29, 1.82) is 0 Å². The molecule has 1 aromatic carbocycles. The van der Waals surface area contributed by atoms with Crippen molar-refractivity contribution in [3.05, 3.63) is 32.8 Å². The number of nitrogens with zero attached hydrogens (tertiary/aromatic N) is 1. The SMILES string of the molecule is C[C@@H](C=O)NC(=O)c1c(Cl)cc2c(c1Cl)CCN(O)C2. The van der Waals surface area contributed by atoms with Crippen molar-refractivity contribution in [3.63, 3.8) is 0 Å². The van der Waals surface area contributed by atoms with Crippen LogP contribution in [0.15, 0.2) is 6.07 Å². The molecule has 0 saturated heterocycles. The molecule has 108 valence electrons. The maximum Gasteiger partial charge on any atom is 0.254 e. The summed E-state index contributed by atoms with van der Waals surface area (Å²) in [7, 11) is 0. The van der Waals surface area contributed by atoms with Crippen LogP contribution in [0.25, 0.3) is 0 Å². The van der Waals surface area contributed by atoms with E-state index in [4.69, 9.17) is 23.2 Å². The fraction of sp³-hybridized carbons (Fsp3) is 0.385. The average Bonchev–Trinajstić information content (AvgIpc) is 2.37. The smallest absolute Gasteiger partial charge is 0.254 e. The molecule has 0 fully saturated rings. The van der Waals surface area contributed by atoms with Gasteiger partial charge < -0.3 is 15.3 Å². The van der Waals surface area contributed by atoms with E-state index in [-0.39, 0.29) is 15.6 Å². The van der Waals surface area contributed by atoms with Gasteiger partial charge in [0.25, 0.3) is 5.91 Å². The van der Waals surface area contributed by atoms with Gasteiger partial charge in [0.05, 0.1) is 21.7 Å². The van der Waals surface area contributed by atoms with Crippen LogP contribution in [0.4, 0.5) is 0 Å². The summed E-state index contributed by atoms with van der Waals surface area (Å²) in [6, 6.07) is 1.02. The Labute approximate surface area is 126 Å². The third-order valence-corrected chi connectivity index (χ3v) is 3.89. The predicted octanol–water partition coefficient (Wildman–Crippen LogP) is 2.06. The number of rotatable bonds is 3. The molecule has 0 unspecified atom stereocenters. The Hall–Kier alpha value is -1.14. The van der Waals surface area contributed by atoms with Gasteiger partial charge in [0.15, 0.2) is 0 Å².